The second kappa shape index (κ2) is 8.10. The zero-order chi connectivity index (χ0) is 15.9. The number of morpholine rings is 1. The molecule has 0 unspecified atom stereocenters. The van der Waals surface area contributed by atoms with E-state index in [4.69, 9.17) is 4.74 Å². The zero-order valence-electron chi connectivity index (χ0n) is 13.7. The first kappa shape index (κ1) is 16.7. The topological polar surface area (TPSA) is 59.4 Å². The third-order valence-corrected chi connectivity index (χ3v) is 3.69. The summed E-state index contributed by atoms with van der Waals surface area (Å²) in [6.07, 6.45) is 6.41. The van der Waals surface area contributed by atoms with Crippen molar-refractivity contribution in [1.82, 2.24) is 19.8 Å². The van der Waals surface area contributed by atoms with Crippen LogP contribution in [0.1, 0.15) is 26.1 Å². The predicted octanol–water partition coefficient (Wildman–Crippen LogP) is 1.09. The van der Waals surface area contributed by atoms with Crippen LogP contribution in [0.3, 0.4) is 0 Å². The van der Waals surface area contributed by atoms with Gasteiger partial charge in [-0.3, -0.25) is 9.69 Å². The Morgan fingerprint density at radius 2 is 2.36 bits per heavy atom. The molecule has 2 rings (SSSR count). The summed E-state index contributed by atoms with van der Waals surface area (Å²) in [5.74, 6) is 1.04. The number of rotatable bonds is 6. The number of amides is 1. The molecule has 0 aliphatic carbocycles. The molecule has 1 N–H and O–H groups in total. The van der Waals surface area contributed by atoms with E-state index in [-0.39, 0.29) is 12.0 Å². The lowest BCUT2D eigenvalue weighted by Crippen LogP contribution is -2.43. The number of nitrogens with one attached hydrogen (secondary N) is 1. The van der Waals surface area contributed by atoms with Crippen molar-refractivity contribution in [2.24, 2.45) is 7.05 Å². The van der Waals surface area contributed by atoms with E-state index in [1.54, 1.807) is 6.08 Å². The van der Waals surface area contributed by atoms with Crippen molar-refractivity contribution in [2.75, 3.05) is 26.2 Å². The minimum atomic E-state index is -0.0272. The van der Waals surface area contributed by atoms with Gasteiger partial charge in [-0.1, -0.05) is 5.57 Å². The SMILES string of the molecule is CC(C)=CC(=O)NCC[C@@H]1CN(Cc2nccn2C)CCO1. The summed E-state index contributed by atoms with van der Waals surface area (Å²) in [4.78, 5) is 18.3. The normalized spacial score (nSPS) is 19.0. The summed E-state index contributed by atoms with van der Waals surface area (Å²) in [5.41, 5.74) is 1.01. The first-order valence-corrected chi connectivity index (χ1v) is 7.77. The lowest BCUT2D eigenvalue weighted by Gasteiger charge is -2.32. The molecule has 0 radical (unpaired) electrons. The number of aromatic nitrogens is 2. The molecule has 1 amide bonds. The van der Waals surface area contributed by atoms with Crippen molar-refractivity contribution in [3.8, 4) is 0 Å². The molecule has 0 spiro atoms. The molecule has 1 aromatic rings. The number of carbonyl (C=O) groups is 1. The van der Waals surface area contributed by atoms with Gasteiger partial charge in [0.15, 0.2) is 0 Å². The molecule has 6 heteroatoms. The maximum atomic E-state index is 11.6. The molecule has 1 aliphatic rings. The molecule has 1 aromatic heterocycles. The van der Waals surface area contributed by atoms with Crippen molar-refractivity contribution in [1.29, 1.82) is 0 Å². The first-order valence-electron chi connectivity index (χ1n) is 7.77. The lowest BCUT2D eigenvalue weighted by atomic mass is 10.2. The second-order valence-electron chi connectivity index (χ2n) is 5.98. The van der Waals surface area contributed by atoms with E-state index >= 15 is 0 Å². The molecule has 0 bridgehead atoms. The Balaban J connectivity index is 1.73. The molecule has 22 heavy (non-hydrogen) atoms. The Kier molecular flexibility index (Phi) is 6.15. The van der Waals surface area contributed by atoms with Crippen molar-refractivity contribution in [3.05, 3.63) is 29.9 Å². The summed E-state index contributed by atoms with van der Waals surface area (Å²) in [6, 6.07) is 0. The van der Waals surface area contributed by atoms with Crippen LogP contribution in [-0.2, 0) is 23.1 Å². The van der Waals surface area contributed by atoms with Crippen LogP contribution in [0.25, 0.3) is 0 Å². The number of hydrogen-bond acceptors (Lipinski definition) is 4. The van der Waals surface area contributed by atoms with Crippen LogP contribution in [0.2, 0.25) is 0 Å². The smallest absolute Gasteiger partial charge is 0.243 e. The monoisotopic (exact) mass is 306 g/mol. The van der Waals surface area contributed by atoms with Crippen molar-refractivity contribution in [3.63, 3.8) is 0 Å². The summed E-state index contributed by atoms with van der Waals surface area (Å²) < 4.78 is 7.83. The minimum Gasteiger partial charge on any atom is -0.375 e. The van der Waals surface area contributed by atoms with Crippen molar-refractivity contribution >= 4 is 5.91 Å². The third-order valence-electron chi connectivity index (χ3n) is 3.69. The Morgan fingerprint density at radius 1 is 1.55 bits per heavy atom. The average molecular weight is 306 g/mol. The Labute approximate surface area is 132 Å². The highest BCUT2D eigenvalue weighted by Gasteiger charge is 2.21. The van der Waals surface area contributed by atoms with E-state index in [9.17, 15) is 4.79 Å². The van der Waals surface area contributed by atoms with E-state index in [1.165, 1.54) is 0 Å². The molecule has 2 heterocycles. The maximum Gasteiger partial charge on any atom is 0.243 e. The number of aryl methyl sites for hydroxylation is 1. The van der Waals surface area contributed by atoms with E-state index < -0.39 is 0 Å². The van der Waals surface area contributed by atoms with Crippen molar-refractivity contribution in [2.45, 2.75) is 32.9 Å². The van der Waals surface area contributed by atoms with Crippen LogP contribution in [0.15, 0.2) is 24.0 Å². The highest BCUT2D eigenvalue weighted by Crippen LogP contribution is 2.11. The average Bonchev–Trinajstić information content (AvgIpc) is 2.84. The standard InChI is InChI=1S/C16H26N4O2/c1-13(2)10-16(21)18-5-4-14-11-20(8-9-22-14)12-15-17-6-7-19(15)3/h6-7,10,14H,4-5,8-9,11-12H2,1-3H3,(H,18,21)/t14-/m1/s1. The fourth-order valence-corrected chi connectivity index (χ4v) is 2.52. The fraction of sp³-hybridized carbons (Fsp3) is 0.625. The molecule has 0 saturated carbocycles. The molecule has 1 saturated heterocycles. The maximum absolute atomic E-state index is 11.6. The van der Waals surface area contributed by atoms with Gasteiger partial charge in [0.2, 0.25) is 5.91 Å². The highest BCUT2D eigenvalue weighted by molar-refractivity contribution is 5.87. The Hall–Kier alpha value is -1.66. The Bertz CT molecular complexity index is 520. The number of ether oxygens (including phenoxy) is 1. The Morgan fingerprint density at radius 3 is 3.05 bits per heavy atom. The number of carbonyl (C=O) groups excluding carboxylic acids is 1. The number of nitrogens with zero attached hydrogens (tertiary/aromatic N) is 3. The molecule has 6 nitrogen and oxygen atoms in total. The summed E-state index contributed by atoms with van der Waals surface area (Å²) in [5, 5.41) is 2.90. The van der Waals surface area contributed by atoms with Gasteiger partial charge in [0.25, 0.3) is 0 Å². The van der Waals surface area contributed by atoms with Gasteiger partial charge in [0, 0.05) is 45.2 Å². The first-order chi connectivity index (χ1) is 10.5. The third kappa shape index (κ3) is 5.27. The van der Waals surface area contributed by atoms with Crippen molar-refractivity contribution < 1.29 is 9.53 Å². The summed E-state index contributed by atoms with van der Waals surface area (Å²) >= 11 is 0. The van der Waals surface area contributed by atoms with Crippen LogP contribution in [0, 0.1) is 0 Å². The second-order valence-corrected chi connectivity index (χ2v) is 5.98. The number of allylic oxidation sites excluding steroid dienone is 1. The van der Waals surface area contributed by atoms with Gasteiger partial charge in [-0.25, -0.2) is 4.98 Å². The van der Waals surface area contributed by atoms with Gasteiger partial charge in [0.05, 0.1) is 19.3 Å². The molecular formula is C16H26N4O2. The zero-order valence-corrected chi connectivity index (χ0v) is 13.7. The van der Waals surface area contributed by atoms with Crippen LogP contribution in [-0.4, -0.2) is 52.7 Å². The van der Waals surface area contributed by atoms with E-state index in [0.717, 1.165) is 44.1 Å². The van der Waals surface area contributed by atoms with Gasteiger partial charge >= 0.3 is 0 Å². The molecule has 0 aromatic carbocycles. The summed E-state index contributed by atoms with van der Waals surface area (Å²) in [6.45, 7) is 7.85. The van der Waals surface area contributed by atoms with E-state index in [2.05, 4.69) is 15.2 Å². The van der Waals surface area contributed by atoms with Crippen LogP contribution < -0.4 is 5.32 Å². The fourth-order valence-electron chi connectivity index (χ4n) is 2.52. The number of hydrogen-bond donors (Lipinski definition) is 1. The van der Waals surface area contributed by atoms with Gasteiger partial charge < -0.3 is 14.6 Å². The number of imidazole rings is 1. The van der Waals surface area contributed by atoms with E-state index in [0.29, 0.717) is 6.54 Å². The molecule has 1 fully saturated rings. The van der Waals surface area contributed by atoms with Gasteiger partial charge in [-0.15, -0.1) is 0 Å². The molecule has 1 aliphatic heterocycles. The van der Waals surface area contributed by atoms with Crippen LogP contribution in [0.4, 0.5) is 0 Å². The molecule has 1 atom stereocenters. The molecule has 122 valence electrons. The van der Waals surface area contributed by atoms with E-state index in [1.807, 2.05) is 37.9 Å². The van der Waals surface area contributed by atoms with Gasteiger partial charge in [-0.05, 0) is 20.3 Å². The van der Waals surface area contributed by atoms with Crippen LogP contribution >= 0.6 is 0 Å². The van der Waals surface area contributed by atoms with Crippen LogP contribution in [0.5, 0.6) is 0 Å². The molecular weight excluding hydrogens is 280 g/mol. The minimum absolute atomic E-state index is 0.0272. The highest BCUT2D eigenvalue weighted by atomic mass is 16.5. The summed E-state index contributed by atoms with van der Waals surface area (Å²) in [7, 11) is 2.01. The van der Waals surface area contributed by atoms with Gasteiger partial charge in [0.1, 0.15) is 5.82 Å². The largest absolute Gasteiger partial charge is 0.375 e. The lowest BCUT2D eigenvalue weighted by molar-refractivity contribution is -0.116. The van der Waals surface area contributed by atoms with Gasteiger partial charge in [-0.2, -0.15) is 0 Å². The predicted molar refractivity (Wildman–Crippen MR) is 85.3 cm³/mol. The quantitative estimate of drug-likeness (QED) is 0.800.